The minimum absolute atomic E-state index is 0.179. The van der Waals surface area contributed by atoms with Crippen LogP contribution in [-0.2, 0) is 6.18 Å². The predicted molar refractivity (Wildman–Crippen MR) is 66.1 cm³/mol. The standard InChI is InChI=1S/C12H16F3N3S/c13-12(14,15)11-17-5-8(19-11)10(18-16)9-6-3-1-2-4-7(6)9/h5-7,9-10,18H,1-4,16H2. The van der Waals surface area contributed by atoms with Crippen molar-refractivity contribution in [2.24, 2.45) is 23.6 Å². The van der Waals surface area contributed by atoms with Crippen molar-refractivity contribution in [3.05, 3.63) is 16.1 Å². The molecule has 0 spiro atoms. The summed E-state index contributed by atoms with van der Waals surface area (Å²) in [5, 5.41) is -0.786. The van der Waals surface area contributed by atoms with E-state index in [0.29, 0.717) is 34.0 Å². The van der Waals surface area contributed by atoms with Crippen LogP contribution in [0.2, 0.25) is 0 Å². The molecular formula is C12H16F3N3S. The summed E-state index contributed by atoms with van der Waals surface area (Å²) in [6.07, 6.45) is 1.77. The Morgan fingerprint density at radius 3 is 2.42 bits per heavy atom. The molecule has 0 aliphatic heterocycles. The summed E-state index contributed by atoms with van der Waals surface area (Å²) in [5.41, 5.74) is 2.70. The van der Waals surface area contributed by atoms with Gasteiger partial charge in [-0.1, -0.05) is 12.8 Å². The smallest absolute Gasteiger partial charge is 0.271 e. The van der Waals surface area contributed by atoms with Gasteiger partial charge in [-0.25, -0.2) is 4.98 Å². The van der Waals surface area contributed by atoms with Crippen LogP contribution in [0.1, 0.15) is 41.6 Å². The summed E-state index contributed by atoms with van der Waals surface area (Å²) < 4.78 is 37.7. The van der Waals surface area contributed by atoms with E-state index in [2.05, 4.69) is 10.4 Å². The van der Waals surface area contributed by atoms with Crippen molar-refractivity contribution in [3.8, 4) is 0 Å². The van der Waals surface area contributed by atoms with Crippen LogP contribution in [0.3, 0.4) is 0 Å². The average molecular weight is 291 g/mol. The normalized spacial score (nSPS) is 31.9. The predicted octanol–water partition coefficient (Wildman–Crippen LogP) is 3.10. The summed E-state index contributed by atoms with van der Waals surface area (Å²) in [7, 11) is 0. The Balaban J connectivity index is 1.78. The Morgan fingerprint density at radius 1 is 1.32 bits per heavy atom. The fourth-order valence-electron chi connectivity index (χ4n) is 3.49. The lowest BCUT2D eigenvalue weighted by molar-refractivity contribution is -0.137. The van der Waals surface area contributed by atoms with Gasteiger partial charge in [0.25, 0.3) is 0 Å². The summed E-state index contributed by atoms with van der Waals surface area (Å²) in [4.78, 5) is 4.09. The third-order valence-electron chi connectivity index (χ3n) is 4.36. The second-order valence-electron chi connectivity index (χ2n) is 5.40. The van der Waals surface area contributed by atoms with Crippen LogP contribution in [-0.4, -0.2) is 4.98 Å². The highest BCUT2D eigenvalue weighted by Crippen LogP contribution is 2.60. The molecule has 2 saturated carbocycles. The molecule has 0 amide bonds. The van der Waals surface area contributed by atoms with Gasteiger partial charge in [-0.05, 0) is 30.6 Å². The molecule has 3 nitrogen and oxygen atoms in total. The van der Waals surface area contributed by atoms with Crippen molar-refractivity contribution in [1.29, 1.82) is 0 Å². The van der Waals surface area contributed by atoms with Crippen LogP contribution in [0.15, 0.2) is 6.20 Å². The van der Waals surface area contributed by atoms with Crippen LogP contribution in [0.4, 0.5) is 13.2 Å². The Morgan fingerprint density at radius 2 is 1.95 bits per heavy atom. The van der Waals surface area contributed by atoms with Gasteiger partial charge >= 0.3 is 6.18 Å². The maximum atomic E-state index is 12.6. The van der Waals surface area contributed by atoms with E-state index in [4.69, 9.17) is 5.84 Å². The lowest BCUT2D eigenvalue weighted by atomic mass is 10.0. The first-order valence-corrected chi connectivity index (χ1v) is 7.33. The molecule has 3 unspecified atom stereocenters. The minimum Gasteiger partial charge on any atom is -0.271 e. The van der Waals surface area contributed by atoms with Crippen LogP contribution >= 0.6 is 11.3 Å². The molecule has 106 valence electrons. The summed E-state index contributed by atoms with van der Waals surface area (Å²) in [6, 6.07) is -0.179. The molecule has 0 radical (unpaired) electrons. The lowest BCUT2D eigenvalue weighted by Crippen LogP contribution is -2.29. The van der Waals surface area contributed by atoms with Gasteiger partial charge < -0.3 is 0 Å². The number of fused-ring (bicyclic) bond motifs is 1. The zero-order valence-corrected chi connectivity index (χ0v) is 11.1. The monoisotopic (exact) mass is 291 g/mol. The topological polar surface area (TPSA) is 50.9 Å². The summed E-state index contributed by atoms with van der Waals surface area (Å²) in [5.74, 6) is 7.21. The van der Waals surface area contributed by atoms with E-state index in [1.807, 2.05) is 0 Å². The zero-order valence-electron chi connectivity index (χ0n) is 10.3. The van der Waals surface area contributed by atoms with Gasteiger partial charge in [0.1, 0.15) is 0 Å². The molecule has 2 aliphatic carbocycles. The zero-order chi connectivity index (χ0) is 13.6. The van der Waals surface area contributed by atoms with Crippen molar-refractivity contribution in [2.45, 2.75) is 37.9 Å². The number of nitrogens with zero attached hydrogens (tertiary/aromatic N) is 1. The number of aromatic nitrogens is 1. The van der Waals surface area contributed by atoms with Crippen LogP contribution in [0, 0.1) is 17.8 Å². The first kappa shape index (κ1) is 13.3. The van der Waals surface area contributed by atoms with E-state index < -0.39 is 11.2 Å². The van der Waals surface area contributed by atoms with Gasteiger partial charge in [0.15, 0.2) is 5.01 Å². The van der Waals surface area contributed by atoms with E-state index in [1.165, 1.54) is 31.9 Å². The van der Waals surface area contributed by atoms with Gasteiger partial charge in [-0.3, -0.25) is 11.3 Å². The molecule has 0 aromatic carbocycles. The first-order chi connectivity index (χ1) is 9.02. The Kier molecular flexibility index (Phi) is 3.31. The molecule has 1 heterocycles. The SMILES string of the molecule is NNC(c1cnc(C(F)(F)F)s1)C1C2CCCCC21. The summed E-state index contributed by atoms with van der Waals surface area (Å²) >= 11 is 0.708. The number of hydrazine groups is 1. The Labute approximate surface area is 113 Å². The van der Waals surface area contributed by atoms with Crippen molar-refractivity contribution < 1.29 is 13.2 Å². The Bertz CT molecular complexity index is 447. The largest absolute Gasteiger partial charge is 0.443 e. The number of nitrogens with one attached hydrogen (secondary N) is 1. The van der Waals surface area contributed by atoms with Crippen LogP contribution in [0.25, 0.3) is 0 Å². The van der Waals surface area contributed by atoms with Crippen molar-refractivity contribution in [1.82, 2.24) is 10.4 Å². The molecule has 0 saturated heterocycles. The van der Waals surface area contributed by atoms with Crippen molar-refractivity contribution in [2.75, 3.05) is 0 Å². The highest BCUT2D eigenvalue weighted by molar-refractivity contribution is 7.11. The highest BCUT2D eigenvalue weighted by atomic mass is 32.1. The number of hydrogen-bond donors (Lipinski definition) is 2. The molecule has 2 fully saturated rings. The van der Waals surface area contributed by atoms with Crippen LogP contribution in [0.5, 0.6) is 0 Å². The van der Waals surface area contributed by atoms with E-state index in [1.54, 1.807) is 0 Å². The molecule has 3 rings (SSSR count). The first-order valence-electron chi connectivity index (χ1n) is 6.51. The minimum atomic E-state index is -4.36. The second-order valence-corrected chi connectivity index (χ2v) is 6.46. The van der Waals surface area contributed by atoms with E-state index in [0.717, 1.165) is 0 Å². The quantitative estimate of drug-likeness (QED) is 0.664. The van der Waals surface area contributed by atoms with Crippen LogP contribution < -0.4 is 11.3 Å². The molecule has 3 N–H and O–H groups in total. The molecule has 19 heavy (non-hydrogen) atoms. The number of rotatable bonds is 3. The molecule has 1 aromatic heterocycles. The van der Waals surface area contributed by atoms with Gasteiger partial charge in [-0.2, -0.15) is 13.2 Å². The van der Waals surface area contributed by atoms with Gasteiger partial charge in [0, 0.05) is 11.1 Å². The number of hydrogen-bond acceptors (Lipinski definition) is 4. The van der Waals surface area contributed by atoms with Gasteiger partial charge in [-0.15, -0.1) is 11.3 Å². The molecular weight excluding hydrogens is 275 g/mol. The highest BCUT2D eigenvalue weighted by Gasteiger charge is 2.54. The lowest BCUT2D eigenvalue weighted by Gasteiger charge is -2.13. The van der Waals surface area contributed by atoms with Gasteiger partial charge in [0.05, 0.1) is 6.04 Å². The van der Waals surface area contributed by atoms with Crippen molar-refractivity contribution in [3.63, 3.8) is 0 Å². The maximum Gasteiger partial charge on any atom is 0.443 e. The van der Waals surface area contributed by atoms with E-state index in [9.17, 15) is 13.2 Å². The third kappa shape index (κ3) is 2.39. The average Bonchev–Trinajstić information content (AvgIpc) is 2.84. The second kappa shape index (κ2) is 4.71. The fraction of sp³-hybridized carbons (Fsp3) is 0.750. The number of halogens is 3. The molecule has 7 heteroatoms. The van der Waals surface area contributed by atoms with Gasteiger partial charge in [0.2, 0.25) is 0 Å². The fourth-order valence-corrected chi connectivity index (χ4v) is 4.39. The van der Waals surface area contributed by atoms with Crippen molar-refractivity contribution >= 4 is 11.3 Å². The number of alkyl halides is 3. The summed E-state index contributed by atoms with van der Waals surface area (Å²) in [6.45, 7) is 0. The van der Waals surface area contributed by atoms with E-state index >= 15 is 0 Å². The molecule has 3 atom stereocenters. The number of thiazole rings is 1. The van der Waals surface area contributed by atoms with E-state index in [-0.39, 0.29) is 6.04 Å². The molecule has 0 bridgehead atoms. The number of nitrogens with two attached hydrogens (primary N) is 1. The third-order valence-corrected chi connectivity index (χ3v) is 5.49. The molecule has 1 aromatic rings. The molecule has 2 aliphatic rings. The maximum absolute atomic E-state index is 12.6. The Hall–Kier alpha value is -0.660.